The van der Waals surface area contributed by atoms with E-state index in [2.05, 4.69) is 33.9 Å². The molecule has 3 rings (SSSR count). The number of nitrogens with zero attached hydrogens (tertiary/aromatic N) is 2. The van der Waals surface area contributed by atoms with Gasteiger partial charge in [0.2, 0.25) is 0 Å². The first-order chi connectivity index (χ1) is 11.1. The highest BCUT2D eigenvalue weighted by Crippen LogP contribution is 2.34. The molecule has 1 saturated heterocycles. The van der Waals surface area contributed by atoms with Crippen molar-refractivity contribution in [2.45, 2.75) is 13.3 Å². The minimum absolute atomic E-state index is 0.0738. The van der Waals surface area contributed by atoms with Gasteiger partial charge in [-0.3, -0.25) is 9.69 Å². The summed E-state index contributed by atoms with van der Waals surface area (Å²) >= 11 is 4.62. The average Bonchev–Trinajstić information content (AvgIpc) is 3.07. The Morgan fingerprint density at radius 3 is 2.78 bits per heavy atom. The number of thioether (sulfide) groups is 1. The van der Waals surface area contributed by atoms with Crippen LogP contribution in [-0.2, 0) is 11.2 Å². The second-order valence-electron chi connectivity index (χ2n) is 4.99. The molecule has 4 nitrogen and oxygen atoms in total. The zero-order valence-electron chi connectivity index (χ0n) is 12.7. The van der Waals surface area contributed by atoms with Gasteiger partial charge >= 0.3 is 0 Å². The summed E-state index contributed by atoms with van der Waals surface area (Å²) in [5.74, 6) is 0.562. The summed E-state index contributed by atoms with van der Waals surface area (Å²) < 4.78 is 6.07. The molecule has 0 aliphatic carbocycles. The molecule has 0 saturated carbocycles. The van der Waals surface area contributed by atoms with E-state index in [1.807, 2.05) is 24.3 Å². The number of amides is 1. The summed E-state index contributed by atoms with van der Waals surface area (Å²) in [5, 5.41) is 0.674. The van der Waals surface area contributed by atoms with Crippen LogP contribution in [0.15, 0.2) is 55.4 Å². The van der Waals surface area contributed by atoms with Crippen LogP contribution in [0.25, 0.3) is 6.08 Å². The number of hydrogen-bond acceptors (Lipinski definition) is 4. The van der Waals surface area contributed by atoms with Crippen molar-refractivity contribution in [3.63, 3.8) is 0 Å². The fourth-order valence-electron chi connectivity index (χ4n) is 2.21. The number of carbonyl (C=O) groups excluding carboxylic acids is 1. The Morgan fingerprint density at radius 2 is 2.09 bits per heavy atom. The summed E-state index contributed by atoms with van der Waals surface area (Å²) in [6.07, 6.45) is 2.64. The number of furan rings is 1. The molecule has 0 unspecified atom stereocenters. The van der Waals surface area contributed by atoms with E-state index in [-0.39, 0.29) is 5.91 Å². The van der Waals surface area contributed by atoms with E-state index in [9.17, 15) is 4.79 Å². The van der Waals surface area contributed by atoms with E-state index in [0.29, 0.717) is 20.5 Å². The van der Waals surface area contributed by atoms with Gasteiger partial charge in [-0.05, 0) is 57.9 Å². The molecule has 0 N–H and O–H groups in total. The second-order valence-corrected chi connectivity index (χ2v) is 6.78. The van der Waals surface area contributed by atoms with Gasteiger partial charge in [0.25, 0.3) is 5.91 Å². The highest BCUT2D eigenvalue weighted by molar-refractivity contribution is 9.10. The minimum atomic E-state index is -0.0738. The largest absolute Gasteiger partial charge is 0.450 e. The van der Waals surface area contributed by atoms with Crippen molar-refractivity contribution in [3.05, 3.63) is 57.3 Å². The maximum atomic E-state index is 12.4. The van der Waals surface area contributed by atoms with Crippen molar-refractivity contribution in [3.8, 4) is 0 Å². The average molecular weight is 391 g/mol. The Balaban J connectivity index is 1.92. The number of hydrogen-bond donors (Lipinski definition) is 0. The van der Waals surface area contributed by atoms with Gasteiger partial charge in [0, 0.05) is 13.1 Å². The molecule has 118 valence electrons. The summed E-state index contributed by atoms with van der Waals surface area (Å²) in [6, 6.07) is 11.6. The fraction of sp³-hybridized carbons (Fsp3) is 0.176. The molecule has 1 aromatic heterocycles. The Kier molecular flexibility index (Phi) is 4.73. The van der Waals surface area contributed by atoms with Gasteiger partial charge in [-0.1, -0.05) is 25.1 Å². The quantitative estimate of drug-likeness (QED) is 0.704. The molecule has 6 heteroatoms. The lowest BCUT2D eigenvalue weighted by atomic mass is 10.1. The van der Waals surface area contributed by atoms with Crippen LogP contribution in [0, 0.1) is 0 Å². The zero-order valence-corrected chi connectivity index (χ0v) is 15.1. The number of amidine groups is 1. The highest BCUT2D eigenvalue weighted by atomic mass is 79.9. The maximum Gasteiger partial charge on any atom is 0.266 e. The Morgan fingerprint density at radius 1 is 1.30 bits per heavy atom. The van der Waals surface area contributed by atoms with Crippen LogP contribution < -0.4 is 0 Å². The normalized spacial score (nSPS) is 18.4. The third kappa shape index (κ3) is 3.43. The maximum absolute atomic E-state index is 12.4. The van der Waals surface area contributed by atoms with E-state index >= 15 is 0 Å². The van der Waals surface area contributed by atoms with Gasteiger partial charge < -0.3 is 4.42 Å². The van der Waals surface area contributed by atoms with Crippen LogP contribution in [0.1, 0.15) is 18.2 Å². The van der Waals surface area contributed by atoms with Crippen LogP contribution in [0.3, 0.4) is 0 Å². The smallest absolute Gasteiger partial charge is 0.266 e. The van der Waals surface area contributed by atoms with E-state index in [0.717, 1.165) is 17.7 Å². The Bertz CT molecular complexity index is 810. The molecule has 2 heterocycles. The van der Waals surface area contributed by atoms with Crippen molar-refractivity contribution in [2.75, 3.05) is 7.05 Å². The number of carbonyl (C=O) groups is 1. The molecular weight excluding hydrogens is 376 g/mol. The number of para-hydroxylation sites is 1. The standard InChI is InChI=1S/C17H15BrN2O2S/c1-3-11-6-4-5-7-13(11)19-17-20(2)16(21)14(23-17)10-12-8-9-15(18)22-12/h4-10H,3H2,1-2H3/b14-10-,19-17?. The molecular formula is C17H15BrN2O2S. The molecule has 0 bridgehead atoms. The molecule has 0 spiro atoms. The topological polar surface area (TPSA) is 45.8 Å². The van der Waals surface area contributed by atoms with Crippen LogP contribution in [0.4, 0.5) is 5.69 Å². The van der Waals surface area contributed by atoms with Gasteiger partial charge in [0.1, 0.15) is 5.76 Å². The first-order valence-corrected chi connectivity index (χ1v) is 8.79. The molecule has 1 aliphatic heterocycles. The first-order valence-electron chi connectivity index (χ1n) is 7.18. The summed E-state index contributed by atoms with van der Waals surface area (Å²) in [6.45, 7) is 2.09. The van der Waals surface area contributed by atoms with Crippen molar-refractivity contribution in [1.29, 1.82) is 0 Å². The lowest BCUT2D eigenvalue weighted by Gasteiger charge is -2.08. The van der Waals surface area contributed by atoms with Gasteiger partial charge in [-0.25, -0.2) is 4.99 Å². The van der Waals surface area contributed by atoms with Crippen LogP contribution in [0.2, 0.25) is 0 Å². The van der Waals surface area contributed by atoms with Crippen LogP contribution in [0.5, 0.6) is 0 Å². The van der Waals surface area contributed by atoms with Gasteiger partial charge in [-0.2, -0.15) is 0 Å². The number of benzene rings is 1. The lowest BCUT2D eigenvalue weighted by molar-refractivity contribution is -0.121. The molecule has 0 atom stereocenters. The molecule has 1 aliphatic rings. The number of aryl methyl sites for hydroxylation is 1. The Hall–Kier alpha value is -1.79. The van der Waals surface area contributed by atoms with Gasteiger partial charge in [0.05, 0.1) is 10.6 Å². The van der Waals surface area contributed by atoms with Crippen molar-refractivity contribution >= 4 is 50.5 Å². The number of halogens is 1. The zero-order chi connectivity index (χ0) is 16.4. The Labute approximate surface area is 147 Å². The highest BCUT2D eigenvalue weighted by Gasteiger charge is 2.30. The summed E-state index contributed by atoms with van der Waals surface area (Å²) in [5.41, 5.74) is 2.06. The summed E-state index contributed by atoms with van der Waals surface area (Å²) in [7, 11) is 1.74. The van der Waals surface area contributed by atoms with Crippen molar-refractivity contribution < 1.29 is 9.21 Å². The second kappa shape index (κ2) is 6.76. The first kappa shape index (κ1) is 16.1. The van der Waals surface area contributed by atoms with E-state index in [4.69, 9.17) is 4.42 Å². The number of rotatable bonds is 3. The summed E-state index contributed by atoms with van der Waals surface area (Å²) in [4.78, 5) is 19.2. The van der Waals surface area contributed by atoms with Crippen LogP contribution >= 0.6 is 27.7 Å². The molecule has 0 radical (unpaired) electrons. The van der Waals surface area contributed by atoms with Gasteiger partial charge in [-0.15, -0.1) is 0 Å². The van der Waals surface area contributed by atoms with Crippen molar-refractivity contribution in [2.24, 2.45) is 4.99 Å². The van der Waals surface area contributed by atoms with E-state index in [1.54, 1.807) is 24.1 Å². The third-order valence-corrected chi connectivity index (χ3v) is 4.95. The predicted octanol–water partition coefficient (Wildman–Crippen LogP) is 4.84. The fourth-order valence-corrected chi connectivity index (χ4v) is 3.49. The molecule has 1 aromatic carbocycles. The molecule has 1 fully saturated rings. The third-order valence-electron chi connectivity index (χ3n) is 3.46. The van der Waals surface area contributed by atoms with Crippen molar-refractivity contribution in [1.82, 2.24) is 4.90 Å². The van der Waals surface area contributed by atoms with E-state index in [1.165, 1.54) is 11.8 Å². The number of likely N-dealkylation sites (N-methyl/N-ethyl adjacent to an activating group) is 1. The predicted molar refractivity (Wildman–Crippen MR) is 97.7 cm³/mol. The molecule has 23 heavy (non-hydrogen) atoms. The lowest BCUT2D eigenvalue weighted by Crippen LogP contribution is -2.23. The van der Waals surface area contributed by atoms with Gasteiger partial charge in [0.15, 0.2) is 9.84 Å². The van der Waals surface area contributed by atoms with E-state index < -0.39 is 0 Å². The number of aliphatic imine (C=N–C) groups is 1. The van der Waals surface area contributed by atoms with Crippen LogP contribution in [-0.4, -0.2) is 23.0 Å². The molecule has 1 amide bonds. The minimum Gasteiger partial charge on any atom is -0.450 e. The monoisotopic (exact) mass is 390 g/mol. The SMILES string of the molecule is CCc1ccccc1N=C1S/C(=C\c2ccc(Br)o2)C(=O)N1C. The molecule has 2 aromatic rings.